The Morgan fingerprint density at radius 3 is 2.79 bits per heavy atom. The SMILES string of the molecule is CC(C)(C)OC(=O)N1CCc2c([nH]c3ccc(Cl)cc23)[C@@H]1CC1COCOC1. The van der Waals surface area contributed by atoms with Gasteiger partial charge in [-0.2, -0.15) is 0 Å². The van der Waals surface area contributed by atoms with Crippen LogP contribution < -0.4 is 0 Å². The highest BCUT2D eigenvalue weighted by Gasteiger charge is 2.37. The molecule has 2 aliphatic rings. The van der Waals surface area contributed by atoms with Gasteiger partial charge >= 0.3 is 6.09 Å². The topological polar surface area (TPSA) is 63.8 Å². The van der Waals surface area contributed by atoms with Crippen LogP contribution in [0.2, 0.25) is 5.02 Å². The van der Waals surface area contributed by atoms with Crippen molar-refractivity contribution in [1.29, 1.82) is 0 Å². The van der Waals surface area contributed by atoms with Gasteiger partial charge in [-0.05, 0) is 57.4 Å². The number of carbonyl (C=O) groups is 1. The first-order valence-electron chi connectivity index (χ1n) is 9.77. The normalized spacial score (nSPS) is 21.0. The molecule has 2 aromatic rings. The molecule has 1 N–H and O–H groups in total. The van der Waals surface area contributed by atoms with Crippen LogP contribution in [0, 0.1) is 5.92 Å². The molecule has 0 aliphatic carbocycles. The highest BCUT2D eigenvalue weighted by atomic mass is 35.5. The fraction of sp³-hybridized carbons (Fsp3) is 0.571. The lowest BCUT2D eigenvalue weighted by atomic mass is 9.91. The number of hydrogen-bond acceptors (Lipinski definition) is 4. The summed E-state index contributed by atoms with van der Waals surface area (Å²) in [6, 6.07) is 5.77. The smallest absolute Gasteiger partial charge is 0.410 e. The number of rotatable bonds is 2. The Morgan fingerprint density at radius 2 is 2.07 bits per heavy atom. The van der Waals surface area contributed by atoms with Crippen LogP contribution in [0.1, 0.15) is 44.5 Å². The van der Waals surface area contributed by atoms with Gasteiger partial charge in [-0.1, -0.05) is 11.6 Å². The molecular formula is C21H27ClN2O4. The van der Waals surface area contributed by atoms with Gasteiger partial charge in [0.2, 0.25) is 0 Å². The average Bonchev–Trinajstić information content (AvgIpc) is 3.00. The first-order valence-corrected chi connectivity index (χ1v) is 10.1. The van der Waals surface area contributed by atoms with Crippen LogP contribution in [0.4, 0.5) is 4.79 Å². The van der Waals surface area contributed by atoms with Crippen LogP contribution in [0.25, 0.3) is 10.9 Å². The van der Waals surface area contributed by atoms with Crippen LogP contribution in [0.3, 0.4) is 0 Å². The van der Waals surface area contributed by atoms with Crippen molar-refractivity contribution in [2.45, 2.75) is 45.3 Å². The minimum atomic E-state index is -0.535. The molecule has 6 nitrogen and oxygen atoms in total. The van der Waals surface area contributed by atoms with Gasteiger partial charge in [0.25, 0.3) is 0 Å². The molecular weight excluding hydrogens is 380 g/mol. The number of nitrogens with one attached hydrogen (secondary N) is 1. The molecule has 7 heteroatoms. The van der Waals surface area contributed by atoms with E-state index < -0.39 is 5.60 Å². The van der Waals surface area contributed by atoms with E-state index in [1.165, 1.54) is 5.56 Å². The van der Waals surface area contributed by atoms with Gasteiger partial charge in [-0.25, -0.2) is 4.79 Å². The lowest BCUT2D eigenvalue weighted by Crippen LogP contribution is -2.44. The molecule has 0 bridgehead atoms. The van der Waals surface area contributed by atoms with Crippen molar-refractivity contribution in [3.8, 4) is 0 Å². The van der Waals surface area contributed by atoms with E-state index in [2.05, 4.69) is 4.98 Å². The fourth-order valence-corrected chi connectivity index (χ4v) is 4.28. The Hall–Kier alpha value is -1.76. The first kappa shape index (κ1) is 19.6. The van der Waals surface area contributed by atoms with Gasteiger partial charge in [0.15, 0.2) is 0 Å². The maximum absolute atomic E-state index is 13.0. The van der Waals surface area contributed by atoms with Gasteiger partial charge in [-0.15, -0.1) is 0 Å². The summed E-state index contributed by atoms with van der Waals surface area (Å²) < 4.78 is 16.7. The van der Waals surface area contributed by atoms with E-state index >= 15 is 0 Å². The predicted molar refractivity (Wildman–Crippen MR) is 108 cm³/mol. The molecule has 2 aliphatic heterocycles. The van der Waals surface area contributed by atoms with E-state index in [1.54, 1.807) is 0 Å². The Balaban J connectivity index is 1.70. The number of aromatic nitrogens is 1. The van der Waals surface area contributed by atoms with Crippen LogP contribution in [0.5, 0.6) is 0 Å². The van der Waals surface area contributed by atoms with E-state index in [4.69, 9.17) is 25.8 Å². The van der Waals surface area contributed by atoms with Gasteiger partial charge in [0, 0.05) is 34.1 Å². The highest BCUT2D eigenvalue weighted by Crippen LogP contribution is 2.39. The quantitative estimate of drug-likeness (QED) is 0.787. The molecule has 1 fully saturated rings. The second-order valence-corrected chi connectivity index (χ2v) is 9.04. The zero-order chi connectivity index (χ0) is 19.9. The number of benzene rings is 1. The third-order valence-electron chi connectivity index (χ3n) is 5.27. The summed E-state index contributed by atoms with van der Waals surface area (Å²) in [7, 11) is 0. The summed E-state index contributed by atoms with van der Waals surface area (Å²) in [6.45, 7) is 7.91. The zero-order valence-electron chi connectivity index (χ0n) is 16.6. The number of fused-ring (bicyclic) bond motifs is 3. The number of ether oxygens (including phenoxy) is 3. The number of aromatic amines is 1. The minimum absolute atomic E-state index is 0.111. The number of amides is 1. The molecule has 0 unspecified atom stereocenters. The third kappa shape index (κ3) is 4.00. The Bertz CT molecular complexity index is 867. The van der Waals surface area contributed by atoms with Crippen molar-refractivity contribution < 1.29 is 19.0 Å². The maximum atomic E-state index is 13.0. The van der Waals surface area contributed by atoms with E-state index in [0.717, 1.165) is 34.5 Å². The van der Waals surface area contributed by atoms with Crippen molar-refractivity contribution in [3.05, 3.63) is 34.5 Å². The summed E-state index contributed by atoms with van der Waals surface area (Å²) in [6.07, 6.45) is 1.24. The summed E-state index contributed by atoms with van der Waals surface area (Å²) in [5.74, 6) is 0.227. The molecule has 0 radical (unpaired) electrons. The third-order valence-corrected chi connectivity index (χ3v) is 5.51. The average molecular weight is 407 g/mol. The molecule has 152 valence electrons. The van der Waals surface area contributed by atoms with Crippen LogP contribution in [-0.4, -0.2) is 48.1 Å². The predicted octanol–water partition coefficient (Wildman–Crippen LogP) is 4.67. The first-order chi connectivity index (χ1) is 13.3. The maximum Gasteiger partial charge on any atom is 0.410 e. The van der Waals surface area contributed by atoms with Gasteiger partial charge in [-0.3, -0.25) is 4.90 Å². The van der Waals surface area contributed by atoms with Gasteiger partial charge in [0.1, 0.15) is 12.4 Å². The largest absolute Gasteiger partial charge is 0.444 e. The molecule has 0 spiro atoms. The second kappa shape index (κ2) is 7.58. The number of carbonyl (C=O) groups excluding carboxylic acids is 1. The van der Waals surface area contributed by atoms with E-state index in [-0.39, 0.29) is 18.1 Å². The molecule has 0 saturated carbocycles. The van der Waals surface area contributed by atoms with Crippen molar-refractivity contribution >= 4 is 28.6 Å². The number of nitrogens with zero attached hydrogens (tertiary/aromatic N) is 1. The molecule has 1 aromatic carbocycles. The van der Waals surface area contributed by atoms with Gasteiger partial charge in [0.05, 0.1) is 19.3 Å². The summed E-state index contributed by atoms with van der Waals surface area (Å²) >= 11 is 6.23. The summed E-state index contributed by atoms with van der Waals surface area (Å²) in [4.78, 5) is 18.3. The van der Waals surface area contributed by atoms with Crippen molar-refractivity contribution in [1.82, 2.24) is 9.88 Å². The monoisotopic (exact) mass is 406 g/mol. The fourth-order valence-electron chi connectivity index (χ4n) is 4.11. The lowest BCUT2D eigenvalue weighted by molar-refractivity contribution is -0.130. The number of hydrogen-bond donors (Lipinski definition) is 1. The number of H-pyrrole nitrogens is 1. The van der Waals surface area contributed by atoms with Crippen molar-refractivity contribution in [3.63, 3.8) is 0 Å². The van der Waals surface area contributed by atoms with E-state index in [0.29, 0.717) is 26.6 Å². The zero-order valence-corrected chi connectivity index (χ0v) is 17.3. The van der Waals surface area contributed by atoms with Crippen molar-refractivity contribution in [2.75, 3.05) is 26.6 Å². The van der Waals surface area contributed by atoms with Crippen LogP contribution >= 0.6 is 11.6 Å². The lowest BCUT2D eigenvalue weighted by Gasteiger charge is -2.38. The molecule has 3 heterocycles. The summed E-state index contributed by atoms with van der Waals surface area (Å²) in [5, 5.41) is 1.85. The summed E-state index contributed by atoms with van der Waals surface area (Å²) in [5.41, 5.74) is 2.81. The molecule has 1 saturated heterocycles. The van der Waals surface area contributed by atoms with Crippen LogP contribution in [-0.2, 0) is 20.6 Å². The van der Waals surface area contributed by atoms with Crippen molar-refractivity contribution in [2.24, 2.45) is 5.92 Å². The molecule has 28 heavy (non-hydrogen) atoms. The Labute approximate surface area is 170 Å². The standard InChI is InChI=1S/C21H27ClN2O4/c1-21(2,3)28-20(25)24-7-6-15-16-9-14(22)4-5-17(16)23-19(15)18(24)8-13-10-26-12-27-11-13/h4-5,9,13,18,23H,6-8,10-12H2,1-3H3/t18-/m0/s1. The Kier molecular flexibility index (Phi) is 5.29. The number of halogens is 1. The minimum Gasteiger partial charge on any atom is -0.444 e. The molecule has 1 amide bonds. The van der Waals surface area contributed by atoms with E-state index in [9.17, 15) is 4.79 Å². The van der Waals surface area contributed by atoms with E-state index in [1.807, 2.05) is 43.9 Å². The highest BCUT2D eigenvalue weighted by molar-refractivity contribution is 6.31. The molecule has 4 rings (SSSR count). The van der Waals surface area contributed by atoms with Gasteiger partial charge < -0.3 is 19.2 Å². The Morgan fingerprint density at radius 1 is 1.32 bits per heavy atom. The molecule has 1 aromatic heterocycles. The molecule has 1 atom stereocenters. The second-order valence-electron chi connectivity index (χ2n) is 8.61. The van der Waals surface area contributed by atoms with Crippen LogP contribution in [0.15, 0.2) is 18.2 Å².